The summed E-state index contributed by atoms with van der Waals surface area (Å²) in [6.45, 7) is 4.04. The van der Waals surface area contributed by atoms with E-state index in [2.05, 4.69) is 0 Å². The zero-order valence-corrected chi connectivity index (χ0v) is 17.6. The lowest BCUT2D eigenvalue weighted by Crippen LogP contribution is -2.60. The van der Waals surface area contributed by atoms with Crippen LogP contribution in [0.2, 0.25) is 0 Å². The second-order valence-corrected chi connectivity index (χ2v) is 7.78. The van der Waals surface area contributed by atoms with Crippen LogP contribution in [0.25, 0.3) is 0 Å². The molecule has 0 spiro atoms. The molecule has 1 saturated heterocycles. The number of carbonyl (C=O) groups is 1. The fraction of sp³-hybridized carbons (Fsp3) is 0.320. The first-order valence-electron chi connectivity index (χ1n) is 10.4. The first kappa shape index (κ1) is 22.7. The number of hydrogen-bond donors (Lipinski definition) is 2. The van der Waals surface area contributed by atoms with E-state index >= 15 is 0 Å². The van der Waals surface area contributed by atoms with E-state index in [1.165, 1.54) is 36.4 Å². The maximum atomic E-state index is 13.4. The van der Waals surface area contributed by atoms with E-state index < -0.39 is 12.0 Å². The maximum absolute atomic E-state index is 13.4. The summed E-state index contributed by atoms with van der Waals surface area (Å²) < 4.78 is 26.5. The lowest BCUT2D eigenvalue weighted by atomic mass is 9.77. The Balaban J connectivity index is 1.79. The number of halogens is 2. The molecule has 2 N–H and O–H groups in total. The lowest BCUT2D eigenvalue weighted by molar-refractivity contribution is -0.148. The number of aliphatic hydroxyl groups excluding tert-OH is 2. The van der Waals surface area contributed by atoms with Gasteiger partial charge in [0.1, 0.15) is 11.6 Å². The van der Waals surface area contributed by atoms with Crippen molar-refractivity contribution in [3.8, 4) is 0 Å². The predicted octanol–water partition coefficient (Wildman–Crippen LogP) is 5.18. The monoisotopic (exact) mass is 427 g/mol. The van der Waals surface area contributed by atoms with E-state index in [1.807, 2.05) is 13.8 Å². The van der Waals surface area contributed by atoms with E-state index in [0.717, 1.165) is 11.1 Å². The van der Waals surface area contributed by atoms with Crippen LogP contribution < -0.4 is 0 Å². The average Bonchev–Trinajstić information content (AvgIpc) is 2.77. The number of nitrogens with zero attached hydrogens (tertiary/aromatic N) is 1. The van der Waals surface area contributed by atoms with Crippen molar-refractivity contribution in [1.29, 1.82) is 0 Å². The van der Waals surface area contributed by atoms with Crippen molar-refractivity contribution in [2.45, 2.75) is 44.8 Å². The van der Waals surface area contributed by atoms with Crippen molar-refractivity contribution in [1.82, 2.24) is 4.90 Å². The van der Waals surface area contributed by atoms with Gasteiger partial charge in [0.05, 0.1) is 23.8 Å². The summed E-state index contributed by atoms with van der Waals surface area (Å²) >= 11 is 0. The number of hydrogen-bond acceptors (Lipinski definition) is 3. The summed E-state index contributed by atoms with van der Waals surface area (Å²) in [4.78, 5) is 14.6. The molecule has 31 heavy (non-hydrogen) atoms. The Labute approximate surface area is 181 Å². The van der Waals surface area contributed by atoms with E-state index in [1.54, 1.807) is 29.2 Å². The summed E-state index contributed by atoms with van der Waals surface area (Å²) in [5, 5.41) is 20.2. The number of carbonyl (C=O) groups excluding carboxylic acids is 1. The summed E-state index contributed by atoms with van der Waals surface area (Å²) in [5.41, 5.74) is 2.19. The van der Waals surface area contributed by atoms with Gasteiger partial charge in [-0.1, -0.05) is 37.3 Å². The Bertz CT molecular complexity index is 967. The molecule has 4 nitrogen and oxygen atoms in total. The fourth-order valence-electron chi connectivity index (χ4n) is 3.86. The maximum Gasteiger partial charge on any atom is 0.233 e. The van der Waals surface area contributed by atoms with Crippen LogP contribution in [0.4, 0.5) is 8.78 Å². The zero-order chi connectivity index (χ0) is 22.5. The van der Waals surface area contributed by atoms with Crippen molar-refractivity contribution >= 4 is 5.91 Å². The Morgan fingerprint density at radius 2 is 1.65 bits per heavy atom. The molecule has 0 saturated carbocycles. The van der Waals surface area contributed by atoms with Gasteiger partial charge in [-0.3, -0.25) is 4.79 Å². The molecule has 6 heteroatoms. The first-order valence-corrected chi connectivity index (χ1v) is 10.4. The van der Waals surface area contributed by atoms with Crippen molar-refractivity contribution in [3.05, 3.63) is 94.8 Å². The van der Waals surface area contributed by atoms with Gasteiger partial charge in [-0.2, -0.15) is 0 Å². The van der Waals surface area contributed by atoms with Crippen LogP contribution in [-0.2, 0) is 4.79 Å². The third kappa shape index (κ3) is 5.20. The Morgan fingerprint density at radius 1 is 1.06 bits per heavy atom. The second-order valence-electron chi connectivity index (χ2n) is 7.78. The Kier molecular flexibility index (Phi) is 7.23. The van der Waals surface area contributed by atoms with Gasteiger partial charge in [0.25, 0.3) is 0 Å². The molecule has 1 fully saturated rings. The Hall–Kier alpha value is -2.99. The van der Waals surface area contributed by atoms with Gasteiger partial charge in [0.15, 0.2) is 0 Å². The third-order valence-electron chi connectivity index (χ3n) is 5.70. The molecular formula is C25H27F2NO3. The summed E-state index contributed by atoms with van der Waals surface area (Å²) in [7, 11) is 0. The van der Waals surface area contributed by atoms with Crippen molar-refractivity contribution in [3.63, 3.8) is 0 Å². The van der Waals surface area contributed by atoms with E-state index in [4.69, 9.17) is 0 Å². The van der Waals surface area contributed by atoms with Crippen molar-refractivity contribution < 1.29 is 23.8 Å². The molecule has 0 bridgehead atoms. The standard InChI is InChI=1S/C25H27F2NO3/c1-3-21(29)13-4-16(2)24-23(18-7-11-20(27)12-8-18)25(31)28(24)15-14-22(30)17-5-9-19(26)10-6-17/h4-13,22-24,29-30H,3,14-15H2,1-2H3/b16-4+,21-13+/t22?,23?,24-/m1/s1. The molecule has 1 heterocycles. The van der Waals surface area contributed by atoms with E-state index in [-0.39, 0.29) is 29.3 Å². The highest BCUT2D eigenvalue weighted by molar-refractivity contribution is 5.92. The minimum atomic E-state index is -0.827. The second kappa shape index (κ2) is 9.88. The highest BCUT2D eigenvalue weighted by Gasteiger charge is 2.48. The molecule has 2 unspecified atom stereocenters. The Morgan fingerprint density at radius 3 is 2.23 bits per heavy atom. The highest BCUT2D eigenvalue weighted by atomic mass is 19.1. The van der Waals surface area contributed by atoms with Gasteiger partial charge in [0, 0.05) is 13.0 Å². The fourth-order valence-corrected chi connectivity index (χ4v) is 3.86. The predicted molar refractivity (Wildman–Crippen MR) is 115 cm³/mol. The number of β-lactam (4-membered cyclic amide) rings is 1. The minimum Gasteiger partial charge on any atom is -0.512 e. The summed E-state index contributed by atoms with van der Waals surface area (Å²) in [6, 6.07) is 11.3. The van der Waals surface area contributed by atoms with Gasteiger partial charge in [-0.25, -0.2) is 8.78 Å². The van der Waals surface area contributed by atoms with Gasteiger partial charge < -0.3 is 15.1 Å². The SMILES string of the molecule is CC/C(O)=C\C=C(/C)[C@@H]1C(c2ccc(F)cc2)C(=O)N1CCC(O)c1ccc(F)cc1. The number of aliphatic hydroxyl groups is 2. The molecule has 3 atom stereocenters. The van der Waals surface area contributed by atoms with Crippen LogP contribution in [0.3, 0.4) is 0 Å². The molecule has 1 aliphatic heterocycles. The molecule has 0 radical (unpaired) electrons. The average molecular weight is 427 g/mol. The van der Waals surface area contributed by atoms with Crippen LogP contribution in [0, 0.1) is 11.6 Å². The number of amides is 1. The molecule has 1 aliphatic rings. The van der Waals surface area contributed by atoms with Gasteiger partial charge >= 0.3 is 0 Å². The molecular weight excluding hydrogens is 400 g/mol. The van der Waals surface area contributed by atoms with Gasteiger partial charge in [-0.05, 0) is 60.4 Å². The number of rotatable bonds is 8. The van der Waals surface area contributed by atoms with E-state index in [9.17, 15) is 23.8 Å². The summed E-state index contributed by atoms with van der Waals surface area (Å²) in [6.07, 6.45) is 3.38. The van der Waals surface area contributed by atoms with Crippen LogP contribution in [0.15, 0.2) is 72.0 Å². The van der Waals surface area contributed by atoms with Gasteiger partial charge in [0.2, 0.25) is 5.91 Å². The van der Waals surface area contributed by atoms with Crippen LogP contribution in [0.5, 0.6) is 0 Å². The van der Waals surface area contributed by atoms with Crippen LogP contribution in [0.1, 0.15) is 49.8 Å². The van der Waals surface area contributed by atoms with Crippen molar-refractivity contribution in [2.75, 3.05) is 6.54 Å². The van der Waals surface area contributed by atoms with Crippen LogP contribution >= 0.6 is 0 Å². The molecule has 1 amide bonds. The molecule has 0 aromatic heterocycles. The topological polar surface area (TPSA) is 60.8 Å². The normalized spacial score (nSPS) is 20.5. The quantitative estimate of drug-likeness (QED) is 0.347. The lowest BCUT2D eigenvalue weighted by Gasteiger charge is -2.48. The smallest absolute Gasteiger partial charge is 0.233 e. The molecule has 164 valence electrons. The number of likely N-dealkylation sites (tertiary alicyclic amines) is 1. The van der Waals surface area contributed by atoms with E-state index in [0.29, 0.717) is 24.9 Å². The van der Waals surface area contributed by atoms with Gasteiger partial charge in [-0.15, -0.1) is 0 Å². The third-order valence-corrected chi connectivity index (χ3v) is 5.70. The summed E-state index contributed by atoms with van der Waals surface area (Å²) in [5.74, 6) is -1.05. The highest BCUT2D eigenvalue weighted by Crippen LogP contribution is 2.40. The number of allylic oxidation sites excluding steroid dienone is 3. The number of benzene rings is 2. The minimum absolute atomic E-state index is 0.0978. The van der Waals surface area contributed by atoms with Crippen LogP contribution in [-0.4, -0.2) is 33.6 Å². The molecule has 0 aliphatic carbocycles. The first-order chi connectivity index (χ1) is 14.8. The van der Waals surface area contributed by atoms with Crippen molar-refractivity contribution in [2.24, 2.45) is 0 Å². The molecule has 2 aromatic carbocycles. The largest absolute Gasteiger partial charge is 0.512 e. The molecule has 2 aromatic rings. The molecule has 3 rings (SSSR count). The zero-order valence-electron chi connectivity index (χ0n) is 17.6.